The summed E-state index contributed by atoms with van der Waals surface area (Å²) >= 11 is 6.11. The maximum atomic E-state index is 12.1. The number of aryl methyl sites for hydroxylation is 1. The van der Waals surface area contributed by atoms with E-state index in [2.05, 4.69) is 4.98 Å². The van der Waals surface area contributed by atoms with E-state index in [1.807, 2.05) is 78.9 Å². The van der Waals surface area contributed by atoms with E-state index in [4.69, 9.17) is 21.1 Å². The number of rotatable bonds is 8. The average Bonchev–Trinajstić information content (AvgIpc) is 2.89. The number of carbonyl (C=O) groups is 2. The van der Waals surface area contributed by atoms with Crippen LogP contribution in [0.5, 0.6) is 0 Å². The number of pyridine rings is 1. The van der Waals surface area contributed by atoms with Gasteiger partial charge in [0.15, 0.2) is 0 Å². The Bertz CT molecular complexity index is 1430. The normalized spacial score (nSPS) is 12.0. The molecule has 6 heteroatoms. The molecular weight excluding hydrogens is 474 g/mol. The van der Waals surface area contributed by atoms with E-state index in [1.54, 1.807) is 12.1 Å². The van der Waals surface area contributed by atoms with Crippen molar-refractivity contribution in [3.05, 3.63) is 112 Å². The molecule has 0 saturated heterocycles. The smallest absolute Gasteiger partial charge is 0.338 e. The fourth-order valence-electron chi connectivity index (χ4n) is 4.07. The van der Waals surface area contributed by atoms with Gasteiger partial charge in [0.05, 0.1) is 23.9 Å². The van der Waals surface area contributed by atoms with Crippen molar-refractivity contribution < 1.29 is 19.1 Å². The second kappa shape index (κ2) is 11.6. The number of carbonyl (C=O) groups excluding carboxylic acids is 2. The molecular formula is C30H26ClNO4. The summed E-state index contributed by atoms with van der Waals surface area (Å²) in [7, 11) is 1.36. The molecule has 0 aliphatic rings. The van der Waals surface area contributed by atoms with Gasteiger partial charge in [0.1, 0.15) is 6.10 Å². The van der Waals surface area contributed by atoms with Crippen molar-refractivity contribution in [1.29, 1.82) is 0 Å². The second-order valence-electron chi connectivity index (χ2n) is 8.36. The van der Waals surface area contributed by atoms with Crippen LogP contribution in [0.4, 0.5) is 0 Å². The van der Waals surface area contributed by atoms with Gasteiger partial charge in [-0.3, -0.25) is 4.79 Å². The van der Waals surface area contributed by atoms with Crippen LogP contribution in [-0.4, -0.2) is 24.0 Å². The Kier molecular flexibility index (Phi) is 8.13. The molecule has 4 rings (SSSR count). The van der Waals surface area contributed by atoms with Gasteiger partial charge in [-0.15, -0.1) is 0 Å². The fourth-order valence-corrected chi connectivity index (χ4v) is 4.24. The Morgan fingerprint density at radius 1 is 0.972 bits per heavy atom. The van der Waals surface area contributed by atoms with Crippen molar-refractivity contribution in [2.24, 2.45) is 0 Å². The number of esters is 2. The lowest BCUT2D eigenvalue weighted by molar-refractivity contribution is -0.147. The van der Waals surface area contributed by atoms with E-state index in [0.717, 1.165) is 33.3 Å². The van der Waals surface area contributed by atoms with Gasteiger partial charge in [0, 0.05) is 17.3 Å². The molecule has 0 spiro atoms. The molecule has 0 amide bonds. The summed E-state index contributed by atoms with van der Waals surface area (Å²) in [5, 5.41) is 1.67. The largest absolute Gasteiger partial charge is 0.465 e. The van der Waals surface area contributed by atoms with Crippen LogP contribution in [0.3, 0.4) is 0 Å². The van der Waals surface area contributed by atoms with E-state index in [-0.39, 0.29) is 11.9 Å². The van der Waals surface area contributed by atoms with Crippen molar-refractivity contribution >= 4 is 46.6 Å². The van der Waals surface area contributed by atoms with Crippen molar-refractivity contribution in [2.45, 2.75) is 25.9 Å². The van der Waals surface area contributed by atoms with Crippen molar-refractivity contribution in [3.8, 4) is 0 Å². The Balaban J connectivity index is 1.54. The highest BCUT2D eigenvalue weighted by atomic mass is 35.5. The SMILES string of the molecule is COC(=O)c1ccccc1CC[C@H](OC(C)=O)c1cccc(C=Cc2ccc3ccc(Cl)cc3n2)c1. The molecule has 3 aromatic carbocycles. The predicted octanol–water partition coefficient (Wildman–Crippen LogP) is 7.08. The van der Waals surface area contributed by atoms with Crippen LogP contribution in [0, 0.1) is 0 Å². The summed E-state index contributed by atoms with van der Waals surface area (Å²) < 4.78 is 10.6. The molecule has 0 fully saturated rings. The van der Waals surface area contributed by atoms with E-state index in [9.17, 15) is 9.59 Å². The molecule has 0 aliphatic heterocycles. The van der Waals surface area contributed by atoms with Gasteiger partial charge >= 0.3 is 11.9 Å². The molecule has 1 atom stereocenters. The number of halogens is 1. The van der Waals surface area contributed by atoms with Gasteiger partial charge in [-0.2, -0.15) is 0 Å². The Morgan fingerprint density at radius 3 is 2.58 bits per heavy atom. The first kappa shape index (κ1) is 25.1. The number of hydrogen-bond donors (Lipinski definition) is 0. The quantitative estimate of drug-likeness (QED) is 0.242. The minimum absolute atomic E-state index is 0.360. The zero-order chi connectivity index (χ0) is 25.5. The molecule has 0 N–H and O–H groups in total. The molecule has 182 valence electrons. The van der Waals surface area contributed by atoms with Crippen LogP contribution < -0.4 is 0 Å². The van der Waals surface area contributed by atoms with Gasteiger partial charge in [-0.05, 0) is 65.9 Å². The molecule has 0 aliphatic carbocycles. The molecule has 5 nitrogen and oxygen atoms in total. The first-order valence-electron chi connectivity index (χ1n) is 11.6. The summed E-state index contributed by atoms with van der Waals surface area (Å²) in [6, 6.07) is 24.8. The minimum Gasteiger partial charge on any atom is -0.465 e. The number of hydrogen-bond acceptors (Lipinski definition) is 5. The lowest BCUT2D eigenvalue weighted by Crippen LogP contribution is -2.11. The summed E-state index contributed by atoms with van der Waals surface area (Å²) in [4.78, 5) is 28.6. The monoisotopic (exact) mass is 499 g/mol. The summed E-state index contributed by atoms with van der Waals surface area (Å²) in [6.45, 7) is 1.40. The molecule has 0 radical (unpaired) electrons. The first-order valence-corrected chi connectivity index (χ1v) is 12.0. The van der Waals surface area contributed by atoms with Crippen LogP contribution in [0.1, 0.15) is 52.2 Å². The fraction of sp³-hybridized carbons (Fsp3) is 0.167. The highest BCUT2D eigenvalue weighted by Gasteiger charge is 2.18. The maximum absolute atomic E-state index is 12.1. The van der Waals surface area contributed by atoms with E-state index in [0.29, 0.717) is 23.4 Å². The summed E-state index contributed by atoms with van der Waals surface area (Å²) in [5.74, 6) is -0.743. The Labute approximate surface area is 215 Å². The zero-order valence-corrected chi connectivity index (χ0v) is 20.9. The molecule has 1 aromatic heterocycles. The van der Waals surface area contributed by atoms with Gasteiger partial charge in [0.2, 0.25) is 0 Å². The van der Waals surface area contributed by atoms with Gasteiger partial charge < -0.3 is 9.47 Å². The Morgan fingerprint density at radius 2 is 1.78 bits per heavy atom. The van der Waals surface area contributed by atoms with Crippen LogP contribution in [0.25, 0.3) is 23.1 Å². The van der Waals surface area contributed by atoms with Crippen molar-refractivity contribution in [2.75, 3.05) is 7.11 Å². The van der Waals surface area contributed by atoms with E-state index < -0.39 is 6.10 Å². The zero-order valence-electron chi connectivity index (χ0n) is 20.1. The highest BCUT2D eigenvalue weighted by Crippen LogP contribution is 2.26. The third kappa shape index (κ3) is 6.37. The number of aromatic nitrogens is 1. The third-order valence-corrected chi connectivity index (χ3v) is 6.05. The van der Waals surface area contributed by atoms with Crippen molar-refractivity contribution in [1.82, 2.24) is 4.98 Å². The summed E-state index contributed by atoms with van der Waals surface area (Å²) in [6.07, 6.45) is 4.52. The molecule has 0 unspecified atom stereocenters. The molecule has 1 heterocycles. The van der Waals surface area contributed by atoms with E-state index in [1.165, 1.54) is 14.0 Å². The highest BCUT2D eigenvalue weighted by molar-refractivity contribution is 6.31. The minimum atomic E-state index is -0.456. The second-order valence-corrected chi connectivity index (χ2v) is 8.80. The lowest BCUT2D eigenvalue weighted by Gasteiger charge is -2.19. The average molecular weight is 500 g/mol. The van der Waals surface area contributed by atoms with Crippen LogP contribution >= 0.6 is 11.6 Å². The lowest BCUT2D eigenvalue weighted by atomic mass is 9.97. The van der Waals surface area contributed by atoms with Crippen LogP contribution in [-0.2, 0) is 20.7 Å². The topological polar surface area (TPSA) is 65.5 Å². The number of fused-ring (bicyclic) bond motifs is 1. The number of methoxy groups -OCH3 is 1. The van der Waals surface area contributed by atoms with Crippen molar-refractivity contribution in [3.63, 3.8) is 0 Å². The van der Waals surface area contributed by atoms with Gasteiger partial charge in [0.25, 0.3) is 0 Å². The number of ether oxygens (including phenoxy) is 2. The predicted molar refractivity (Wildman–Crippen MR) is 143 cm³/mol. The molecule has 0 bridgehead atoms. The standard InChI is InChI=1S/C30H26ClNO4/c1-20(33)36-29(17-13-22-7-3-4-9-27(22)30(34)35-2)24-8-5-6-21(18-24)10-15-26-16-12-23-11-14-25(31)19-28(23)32-26/h3-12,14-16,18-19,29H,13,17H2,1-2H3/t29-/m0/s1. The van der Waals surface area contributed by atoms with Gasteiger partial charge in [-0.25, -0.2) is 9.78 Å². The molecule has 36 heavy (non-hydrogen) atoms. The first-order chi connectivity index (χ1) is 17.4. The number of benzene rings is 3. The van der Waals surface area contributed by atoms with Gasteiger partial charge in [-0.1, -0.05) is 66.2 Å². The molecule has 0 saturated carbocycles. The maximum Gasteiger partial charge on any atom is 0.338 e. The number of nitrogens with zero attached hydrogens (tertiary/aromatic N) is 1. The van der Waals surface area contributed by atoms with Crippen LogP contribution in [0.15, 0.2) is 78.9 Å². The van der Waals surface area contributed by atoms with E-state index >= 15 is 0 Å². The third-order valence-electron chi connectivity index (χ3n) is 5.81. The van der Waals surface area contributed by atoms with Crippen LogP contribution in [0.2, 0.25) is 5.02 Å². The Hall–Kier alpha value is -3.96. The summed E-state index contributed by atoms with van der Waals surface area (Å²) in [5.41, 5.74) is 4.84. The molecule has 4 aromatic rings.